The van der Waals surface area contributed by atoms with Gasteiger partial charge in [-0.25, -0.2) is 4.98 Å². The second-order valence-corrected chi connectivity index (χ2v) is 5.38. The van der Waals surface area contributed by atoms with Crippen molar-refractivity contribution in [2.24, 2.45) is 0 Å². The van der Waals surface area contributed by atoms with Gasteiger partial charge in [0.25, 0.3) is 5.56 Å². The molecule has 0 unspecified atom stereocenters. The maximum absolute atomic E-state index is 11.9. The fraction of sp³-hybridized carbons (Fsp3) is 0.250. The smallest absolute Gasteiger partial charge is 0.255 e. The van der Waals surface area contributed by atoms with Crippen LogP contribution in [0.5, 0.6) is 0 Å². The number of fused-ring (bicyclic) bond motifs is 1. The summed E-state index contributed by atoms with van der Waals surface area (Å²) in [4.78, 5) is 16.6. The van der Waals surface area contributed by atoms with Crippen molar-refractivity contribution in [1.82, 2.24) is 14.0 Å². The van der Waals surface area contributed by atoms with E-state index in [0.29, 0.717) is 5.92 Å². The van der Waals surface area contributed by atoms with Gasteiger partial charge >= 0.3 is 0 Å². The minimum absolute atomic E-state index is 0.0213. The lowest BCUT2D eigenvalue weighted by Gasteiger charge is -2.06. The quantitative estimate of drug-likeness (QED) is 0.714. The summed E-state index contributed by atoms with van der Waals surface area (Å²) in [5.41, 5.74) is 4.20. The third-order valence-electron chi connectivity index (χ3n) is 3.94. The second-order valence-electron chi connectivity index (χ2n) is 5.38. The van der Waals surface area contributed by atoms with Crippen molar-refractivity contribution in [2.45, 2.75) is 25.7 Å². The van der Waals surface area contributed by atoms with E-state index in [1.165, 1.54) is 24.2 Å². The molecule has 3 aromatic heterocycles. The first-order chi connectivity index (χ1) is 9.74. The Bertz CT molecular complexity index is 856. The van der Waals surface area contributed by atoms with Crippen LogP contribution in [-0.2, 0) is 0 Å². The monoisotopic (exact) mass is 265 g/mol. The lowest BCUT2D eigenvalue weighted by Crippen LogP contribution is -2.15. The van der Waals surface area contributed by atoms with Crippen LogP contribution in [0.4, 0.5) is 0 Å². The van der Waals surface area contributed by atoms with Gasteiger partial charge in [-0.3, -0.25) is 9.36 Å². The van der Waals surface area contributed by atoms with Crippen LogP contribution in [0.1, 0.15) is 30.1 Å². The Hall–Kier alpha value is -2.36. The van der Waals surface area contributed by atoms with Crippen LogP contribution in [0.15, 0.2) is 47.5 Å². The van der Waals surface area contributed by atoms with Crippen LogP contribution in [-0.4, -0.2) is 14.0 Å². The highest BCUT2D eigenvalue weighted by atomic mass is 16.1. The summed E-state index contributed by atoms with van der Waals surface area (Å²) < 4.78 is 3.73. The van der Waals surface area contributed by atoms with Gasteiger partial charge in [0.15, 0.2) is 0 Å². The van der Waals surface area contributed by atoms with Crippen molar-refractivity contribution in [3.05, 3.63) is 64.5 Å². The molecule has 20 heavy (non-hydrogen) atoms. The van der Waals surface area contributed by atoms with E-state index in [1.807, 2.05) is 24.4 Å². The number of aryl methyl sites for hydroxylation is 1. The van der Waals surface area contributed by atoms with Gasteiger partial charge in [0.2, 0.25) is 0 Å². The van der Waals surface area contributed by atoms with Gasteiger partial charge in [-0.1, -0.05) is 6.07 Å². The lowest BCUT2D eigenvalue weighted by atomic mass is 10.2. The zero-order valence-corrected chi connectivity index (χ0v) is 11.3. The Kier molecular flexibility index (Phi) is 2.33. The molecule has 0 aliphatic heterocycles. The molecule has 1 aliphatic rings. The highest BCUT2D eigenvalue weighted by molar-refractivity contribution is 5.49. The molecule has 0 bridgehead atoms. The SMILES string of the molecule is Cc1c(C2CC2)nc2ccc(-n3ccccc3=O)cn12. The van der Waals surface area contributed by atoms with E-state index in [9.17, 15) is 4.79 Å². The van der Waals surface area contributed by atoms with Gasteiger partial charge in [0.05, 0.1) is 11.4 Å². The zero-order chi connectivity index (χ0) is 13.7. The Balaban J connectivity index is 1.92. The van der Waals surface area contributed by atoms with Crippen molar-refractivity contribution >= 4 is 5.65 Å². The van der Waals surface area contributed by atoms with E-state index in [-0.39, 0.29) is 5.56 Å². The number of hydrogen-bond acceptors (Lipinski definition) is 2. The Morgan fingerprint density at radius 2 is 2.05 bits per heavy atom. The summed E-state index contributed by atoms with van der Waals surface area (Å²) in [5.74, 6) is 0.637. The van der Waals surface area contributed by atoms with Gasteiger partial charge in [-0.15, -0.1) is 0 Å². The predicted molar refractivity (Wildman–Crippen MR) is 77.5 cm³/mol. The largest absolute Gasteiger partial charge is 0.302 e. The molecule has 0 atom stereocenters. The molecule has 0 spiro atoms. The normalized spacial score (nSPS) is 14.8. The Morgan fingerprint density at radius 1 is 1.20 bits per heavy atom. The van der Waals surface area contributed by atoms with Gasteiger partial charge < -0.3 is 4.40 Å². The molecule has 0 radical (unpaired) electrons. The van der Waals surface area contributed by atoms with Crippen molar-refractivity contribution in [3.63, 3.8) is 0 Å². The van der Waals surface area contributed by atoms with Crippen LogP contribution in [0.25, 0.3) is 11.3 Å². The number of nitrogens with zero attached hydrogens (tertiary/aromatic N) is 3. The molecule has 0 aromatic carbocycles. The zero-order valence-electron chi connectivity index (χ0n) is 11.3. The highest BCUT2D eigenvalue weighted by Gasteiger charge is 2.28. The number of aromatic nitrogens is 3. The van der Waals surface area contributed by atoms with Gasteiger partial charge in [0, 0.05) is 30.1 Å². The second kappa shape index (κ2) is 4.07. The van der Waals surface area contributed by atoms with Crippen molar-refractivity contribution in [1.29, 1.82) is 0 Å². The third kappa shape index (κ3) is 1.68. The first-order valence-electron chi connectivity index (χ1n) is 6.91. The summed E-state index contributed by atoms with van der Waals surface area (Å²) in [5, 5.41) is 0. The summed E-state index contributed by atoms with van der Waals surface area (Å²) in [6, 6.07) is 9.11. The molecular weight excluding hydrogens is 250 g/mol. The minimum Gasteiger partial charge on any atom is -0.302 e. The van der Waals surface area contributed by atoms with Crippen LogP contribution < -0.4 is 5.56 Å². The number of pyridine rings is 2. The average Bonchev–Trinajstić information content (AvgIpc) is 3.25. The van der Waals surface area contributed by atoms with E-state index in [4.69, 9.17) is 4.98 Å². The third-order valence-corrected chi connectivity index (χ3v) is 3.94. The van der Waals surface area contributed by atoms with Gasteiger partial charge in [-0.05, 0) is 38.0 Å². The lowest BCUT2D eigenvalue weighted by molar-refractivity contribution is 0.957. The molecule has 3 aromatic rings. The van der Waals surface area contributed by atoms with Crippen LogP contribution >= 0.6 is 0 Å². The maximum atomic E-state index is 11.9. The van der Waals surface area contributed by atoms with Crippen molar-refractivity contribution in [3.8, 4) is 5.69 Å². The molecule has 0 saturated heterocycles. The maximum Gasteiger partial charge on any atom is 0.255 e. The van der Waals surface area contributed by atoms with Crippen LogP contribution in [0.2, 0.25) is 0 Å². The summed E-state index contributed by atoms with van der Waals surface area (Å²) >= 11 is 0. The molecule has 1 fully saturated rings. The molecule has 1 saturated carbocycles. The van der Waals surface area contributed by atoms with Crippen molar-refractivity contribution < 1.29 is 0 Å². The Morgan fingerprint density at radius 3 is 2.80 bits per heavy atom. The number of imidazole rings is 1. The van der Waals surface area contributed by atoms with Crippen LogP contribution in [0.3, 0.4) is 0 Å². The fourth-order valence-electron chi connectivity index (χ4n) is 2.70. The van der Waals surface area contributed by atoms with Crippen molar-refractivity contribution in [2.75, 3.05) is 0 Å². The predicted octanol–water partition coefficient (Wildman–Crippen LogP) is 2.67. The average molecular weight is 265 g/mol. The molecule has 1 aliphatic carbocycles. The van der Waals surface area contributed by atoms with E-state index in [1.54, 1.807) is 22.9 Å². The fourth-order valence-corrected chi connectivity index (χ4v) is 2.70. The molecule has 0 N–H and O–H groups in total. The standard InChI is InChI=1S/C16H15N3O/c1-11-16(12-5-6-12)17-14-8-7-13(10-19(11)14)18-9-3-2-4-15(18)20/h2-4,7-10,12H,5-6H2,1H3. The number of rotatable bonds is 2. The van der Waals surface area contributed by atoms with Gasteiger partial charge in [0.1, 0.15) is 5.65 Å². The topological polar surface area (TPSA) is 39.3 Å². The Labute approximate surface area is 116 Å². The first-order valence-corrected chi connectivity index (χ1v) is 6.91. The highest BCUT2D eigenvalue weighted by Crippen LogP contribution is 2.41. The molecule has 0 amide bonds. The number of hydrogen-bond donors (Lipinski definition) is 0. The summed E-state index contributed by atoms with van der Waals surface area (Å²) in [7, 11) is 0. The molecule has 100 valence electrons. The summed E-state index contributed by atoms with van der Waals surface area (Å²) in [6.07, 6.45) is 6.27. The van der Waals surface area contributed by atoms with E-state index < -0.39 is 0 Å². The first kappa shape index (κ1) is 11.5. The molecule has 3 heterocycles. The summed E-state index contributed by atoms with van der Waals surface area (Å²) in [6.45, 7) is 2.10. The van der Waals surface area contributed by atoms with Crippen LogP contribution in [0, 0.1) is 6.92 Å². The van der Waals surface area contributed by atoms with E-state index >= 15 is 0 Å². The van der Waals surface area contributed by atoms with Gasteiger partial charge in [-0.2, -0.15) is 0 Å². The van der Waals surface area contributed by atoms with E-state index in [0.717, 1.165) is 11.3 Å². The molecule has 4 nitrogen and oxygen atoms in total. The van der Waals surface area contributed by atoms with E-state index in [2.05, 4.69) is 11.3 Å². The minimum atomic E-state index is -0.0213. The molecule has 4 rings (SSSR count). The molecular formula is C16H15N3O. The molecule has 4 heteroatoms.